The van der Waals surface area contributed by atoms with Gasteiger partial charge in [-0.2, -0.15) is 5.10 Å². The second-order valence-corrected chi connectivity index (χ2v) is 4.91. The smallest absolute Gasteiger partial charge is 0.0877 e. The van der Waals surface area contributed by atoms with Crippen LogP contribution >= 0.6 is 11.6 Å². The average molecular weight is 247 g/mol. The van der Waals surface area contributed by atoms with Gasteiger partial charge in [-0.1, -0.05) is 11.6 Å². The van der Waals surface area contributed by atoms with Gasteiger partial charge in [0.25, 0.3) is 0 Å². The molecule has 1 aromatic rings. The van der Waals surface area contributed by atoms with Crippen molar-refractivity contribution in [3.8, 4) is 0 Å². The fourth-order valence-electron chi connectivity index (χ4n) is 1.50. The van der Waals surface area contributed by atoms with Crippen molar-refractivity contribution in [3.05, 3.63) is 16.4 Å². The Hall–Kier alpha value is -0.580. The molecule has 0 saturated heterocycles. The zero-order valence-electron chi connectivity index (χ0n) is 10.2. The molecular formula is C11H19ClN2O2. The number of rotatable bonds is 4. The van der Waals surface area contributed by atoms with Crippen molar-refractivity contribution in [3.63, 3.8) is 0 Å². The zero-order chi connectivity index (χ0) is 12.5. The van der Waals surface area contributed by atoms with Crippen molar-refractivity contribution in [2.75, 3.05) is 0 Å². The summed E-state index contributed by atoms with van der Waals surface area (Å²) in [5.74, 6) is 0. The van der Waals surface area contributed by atoms with Gasteiger partial charge in [0.15, 0.2) is 0 Å². The zero-order valence-corrected chi connectivity index (χ0v) is 10.9. The van der Waals surface area contributed by atoms with Gasteiger partial charge in [0.05, 0.1) is 28.1 Å². The molecule has 0 amide bonds. The minimum Gasteiger partial charge on any atom is -0.390 e. The Morgan fingerprint density at radius 3 is 2.50 bits per heavy atom. The predicted octanol–water partition coefficient (Wildman–Crippen LogP) is 1.54. The lowest BCUT2D eigenvalue weighted by Crippen LogP contribution is -2.38. The van der Waals surface area contributed by atoms with Crippen molar-refractivity contribution in [1.29, 1.82) is 0 Å². The summed E-state index contributed by atoms with van der Waals surface area (Å²) in [5.41, 5.74) is 0.387. The van der Waals surface area contributed by atoms with Gasteiger partial charge in [0.1, 0.15) is 0 Å². The normalized spacial score (nSPS) is 14.2. The van der Waals surface area contributed by atoms with Gasteiger partial charge < -0.3 is 10.2 Å². The number of hydrogen-bond acceptors (Lipinski definition) is 3. The molecule has 0 aromatic carbocycles. The molecule has 0 bridgehead atoms. The maximum absolute atomic E-state index is 9.84. The number of aliphatic hydroxyl groups is 2. The lowest BCUT2D eigenvalue weighted by Gasteiger charge is -2.24. The van der Waals surface area contributed by atoms with Gasteiger partial charge in [-0.15, -0.1) is 0 Å². The third-order valence-electron chi connectivity index (χ3n) is 2.65. The Labute approximate surface area is 101 Å². The van der Waals surface area contributed by atoms with Crippen LogP contribution in [0.25, 0.3) is 0 Å². The minimum atomic E-state index is -1.14. The molecule has 0 aliphatic carbocycles. The number of nitrogens with zero attached hydrogens (tertiary/aromatic N) is 2. The van der Waals surface area contributed by atoms with E-state index in [1.807, 2.05) is 13.8 Å². The van der Waals surface area contributed by atoms with Gasteiger partial charge in [0.2, 0.25) is 0 Å². The minimum absolute atomic E-state index is 0.303. The highest BCUT2D eigenvalue weighted by Crippen LogP contribution is 2.24. The Bertz CT molecular complexity index is 369. The molecule has 0 fully saturated rings. The number of hydrogen-bond donors (Lipinski definition) is 2. The maximum Gasteiger partial charge on any atom is 0.0877 e. The van der Waals surface area contributed by atoms with Crippen LogP contribution < -0.4 is 0 Å². The fourth-order valence-corrected chi connectivity index (χ4v) is 1.71. The van der Waals surface area contributed by atoms with E-state index in [1.54, 1.807) is 18.5 Å². The monoisotopic (exact) mass is 246 g/mol. The molecule has 5 heteroatoms. The van der Waals surface area contributed by atoms with Gasteiger partial charge >= 0.3 is 0 Å². The summed E-state index contributed by atoms with van der Waals surface area (Å²) >= 11 is 6.11. The molecule has 0 saturated carbocycles. The highest BCUT2D eigenvalue weighted by Gasteiger charge is 2.27. The molecule has 0 radical (unpaired) electrons. The van der Waals surface area contributed by atoms with Crippen LogP contribution in [0.15, 0.2) is 0 Å². The molecule has 0 aliphatic rings. The van der Waals surface area contributed by atoms with Crippen LogP contribution in [-0.4, -0.2) is 31.7 Å². The van der Waals surface area contributed by atoms with Gasteiger partial charge in [0, 0.05) is 13.0 Å². The third-order valence-corrected chi connectivity index (χ3v) is 3.15. The van der Waals surface area contributed by atoms with Crippen LogP contribution in [0, 0.1) is 6.92 Å². The van der Waals surface area contributed by atoms with E-state index in [9.17, 15) is 10.2 Å². The van der Waals surface area contributed by atoms with E-state index in [2.05, 4.69) is 5.10 Å². The topological polar surface area (TPSA) is 58.3 Å². The molecule has 1 atom stereocenters. The third kappa shape index (κ3) is 2.75. The fraction of sp³-hybridized carbons (Fsp3) is 0.727. The van der Waals surface area contributed by atoms with Crippen molar-refractivity contribution in [1.82, 2.24) is 9.78 Å². The highest BCUT2D eigenvalue weighted by molar-refractivity contribution is 6.31. The molecule has 4 nitrogen and oxygen atoms in total. The molecule has 16 heavy (non-hydrogen) atoms. The largest absolute Gasteiger partial charge is 0.390 e. The summed E-state index contributed by atoms with van der Waals surface area (Å²) in [6, 6.07) is 0. The number of aromatic nitrogens is 2. The van der Waals surface area contributed by atoms with Crippen molar-refractivity contribution in [2.45, 2.75) is 52.4 Å². The molecule has 1 aromatic heterocycles. The molecular weight excluding hydrogens is 228 g/mol. The standard InChI is InChI=1S/C11H19ClN2O2/c1-5-14-8(10(12)7(2)13-14)6-9(15)11(3,4)16/h9,15-16H,5-6H2,1-4H3. The van der Waals surface area contributed by atoms with Gasteiger partial charge in [-0.05, 0) is 27.7 Å². The quantitative estimate of drug-likeness (QED) is 0.847. The second kappa shape index (κ2) is 4.73. The molecule has 1 heterocycles. The number of halogens is 1. The summed E-state index contributed by atoms with van der Waals surface area (Å²) < 4.78 is 1.76. The van der Waals surface area contributed by atoms with E-state index in [0.717, 1.165) is 11.4 Å². The Morgan fingerprint density at radius 2 is 2.06 bits per heavy atom. The average Bonchev–Trinajstić information content (AvgIpc) is 2.44. The summed E-state index contributed by atoms with van der Waals surface area (Å²) in [6.07, 6.45) is -0.553. The number of aliphatic hydroxyl groups excluding tert-OH is 1. The van der Waals surface area contributed by atoms with E-state index in [0.29, 0.717) is 18.0 Å². The first kappa shape index (κ1) is 13.5. The van der Waals surface area contributed by atoms with E-state index in [-0.39, 0.29) is 0 Å². The van der Waals surface area contributed by atoms with Crippen molar-refractivity contribution >= 4 is 11.6 Å². The van der Waals surface area contributed by atoms with E-state index < -0.39 is 11.7 Å². The predicted molar refractivity (Wildman–Crippen MR) is 63.7 cm³/mol. The first-order chi connectivity index (χ1) is 7.27. The van der Waals surface area contributed by atoms with Crippen molar-refractivity contribution < 1.29 is 10.2 Å². The first-order valence-electron chi connectivity index (χ1n) is 5.39. The van der Waals surface area contributed by atoms with Crippen LogP contribution in [0.2, 0.25) is 5.02 Å². The molecule has 1 unspecified atom stereocenters. The summed E-state index contributed by atoms with van der Waals surface area (Å²) in [4.78, 5) is 0. The maximum atomic E-state index is 9.84. The van der Waals surface area contributed by atoms with Crippen LogP contribution in [-0.2, 0) is 13.0 Å². The summed E-state index contributed by atoms with van der Waals surface area (Å²) in [7, 11) is 0. The summed E-state index contributed by atoms with van der Waals surface area (Å²) in [5, 5.41) is 24.4. The second-order valence-electron chi connectivity index (χ2n) is 4.54. The number of aryl methyl sites for hydroxylation is 2. The van der Waals surface area contributed by atoms with E-state index >= 15 is 0 Å². The van der Waals surface area contributed by atoms with E-state index in [4.69, 9.17) is 11.6 Å². The Balaban J connectivity index is 2.96. The SMILES string of the molecule is CCn1nc(C)c(Cl)c1CC(O)C(C)(C)O. The molecule has 0 spiro atoms. The van der Waals surface area contributed by atoms with Crippen LogP contribution in [0.4, 0.5) is 0 Å². The molecule has 2 N–H and O–H groups in total. The molecule has 0 aliphatic heterocycles. The summed E-state index contributed by atoms with van der Waals surface area (Å²) in [6.45, 7) is 7.63. The first-order valence-corrected chi connectivity index (χ1v) is 5.77. The Morgan fingerprint density at radius 1 is 1.50 bits per heavy atom. The van der Waals surface area contributed by atoms with Crippen LogP contribution in [0.3, 0.4) is 0 Å². The van der Waals surface area contributed by atoms with Gasteiger partial charge in [-0.3, -0.25) is 4.68 Å². The van der Waals surface area contributed by atoms with E-state index in [1.165, 1.54) is 0 Å². The molecule has 92 valence electrons. The van der Waals surface area contributed by atoms with Gasteiger partial charge in [-0.25, -0.2) is 0 Å². The highest BCUT2D eigenvalue weighted by atomic mass is 35.5. The van der Waals surface area contributed by atoms with Crippen LogP contribution in [0.5, 0.6) is 0 Å². The lowest BCUT2D eigenvalue weighted by molar-refractivity contribution is -0.0477. The molecule has 1 rings (SSSR count). The van der Waals surface area contributed by atoms with Crippen molar-refractivity contribution in [2.24, 2.45) is 0 Å². The van der Waals surface area contributed by atoms with Crippen LogP contribution in [0.1, 0.15) is 32.2 Å². The lowest BCUT2D eigenvalue weighted by atomic mass is 9.97. The Kier molecular flexibility index (Phi) is 3.99.